The Balaban J connectivity index is 0.00000784. The van der Waals surface area contributed by atoms with Crippen LogP contribution in [0.1, 0.15) is 90.0 Å². The molecule has 1 aromatic carbocycles. The van der Waals surface area contributed by atoms with Crippen molar-refractivity contribution in [2.75, 3.05) is 13.2 Å². The average molecular weight is 427 g/mol. The summed E-state index contributed by atoms with van der Waals surface area (Å²) in [5.74, 6) is 0.130. The lowest BCUT2D eigenvalue weighted by molar-refractivity contribution is -0.123. The van der Waals surface area contributed by atoms with Crippen LogP contribution in [-0.4, -0.2) is 35.2 Å². The van der Waals surface area contributed by atoms with Crippen LogP contribution < -0.4 is 5.32 Å². The number of nitrogens with one attached hydrogen (secondary N) is 1. The summed E-state index contributed by atoms with van der Waals surface area (Å²) < 4.78 is 0. The first-order valence-corrected chi connectivity index (χ1v) is 11.4. The fourth-order valence-electron chi connectivity index (χ4n) is 3.60. The van der Waals surface area contributed by atoms with Gasteiger partial charge in [-0.05, 0) is 18.4 Å². The average Bonchev–Trinajstić information content (AvgIpc) is 2.71. The maximum absolute atomic E-state index is 12.4. The predicted molar refractivity (Wildman–Crippen MR) is 125 cm³/mol. The first-order valence-electron chi connectivity index (χ1n) is 11.4. The largest absolute Gasteiger partial charge is 0.395 e. The Morgan fingerprint density at radius 1 is 0.966 bits per heavy atom. The zero-order chi connectivity index (χ0) is 20.5. The number of amides is 1. The normalized spacial score (nSPS) is 11.9. The van der Waals surface area contributed by atoms with E-state index >= 15 is 0 Å². The predicted octanol–water partition coefficient (Wildman–Crippen LogP) is 5.68. The fourth-order valence-corrected chi connectivity index (χ4v) is 3.60. The van der Waals surface area contributed by atoms with Gasteiger partial charge in [0.2, 0.25) is 5.91 Å². The molecule has 0 aliphatic heterocycles. The molecule has 0 aliphatic carbocycles. The van der Waals surface area contributed by atoms with Gasteiger partial charge in [-0.3, -0.25) is 9.69 Å². The van der Waals surface area contributed by atoms with Gasteiger partial charge >= 0.3 is 0 Å². The Morgan fingerprint density at radius 3 is 2.10 bits per heavy atom. The van der Waals surface area contributed by atoms with Crippen molar-refractivity contribution in [1.82, 2.24) is 10.2 Å². The standard InChI is InChI=1S/C24H42N2O2.ClH/c1-3-5-6-7-8-9-10-11-15-18-24(28)25-23(4-2)26(19-20-27)21-22-16-13-12-14-17-22;/h12-14,16-17,23,27H,3-11,15,18-21H2,1-2H3,(H,25,28);1H. The van der Waals surface area contributed by atoms with Crippen molar-refractivity contribution < 1.29 is 9.90 Å². The summed E-state index contributed by atoms with van der Waals surface area (Å²) in [4.78, 5) is 14.5. The molecule has 1 aromatic rings. The second kappa shape index (κ2) is 18.9. The Morgan fingerprint density at radius 2 is 1.55 bits per heavy atom. The molecule has 1 atom stereocenters. The van der Waals surface area contributed by atoms with Gasteiger partial charge in [-0.15, -0.1) is 12.4 Å². The number of aliphatic hydroxyl groups excluding tert-OH is 1. The monoisotopic (exact) mass is 426 g/mol. The number of carbonyl (C=O) groups is 1. The minimum absolute atomic E-state index is 0. The fraction of sp³-hybridized carbons (Fsp3) is 0.708. The molecule has 4 nitrogen and oxygen atoms in total. The van der Waals surface area contributed by atoms with Gasteiger partial charge in [0, 0.05) is 19.5 Å². The number of halogens is 1. The molecule has 1 amide bonds. The minimum atomic E-state index is -0.0292. The van der Waals surface area contributed by atoms with E-state index in [4.69, 9.17) is 0 Å². The lowest BCUT2D eigenvalue weighted by Crippen LogP contribution is -2.48. The topological polar surface area (TPSA) is 52.6 Å². The third-order valence-electron chi connectivity index (χ3n) is 5.28. The van der Waals surface area contributed by atoms with E-state index in [0.717, 1.165) is 25.8 Å². The molecule has 0 fully saturated rings. The van der Waals surface area contributed by atoms with Gasteiger partial charge in [-0.2, -0.15) is 0 Å². The van der Waals surface area contributed by atoms with E-state index in [-0.39, 0.29) is 31.1 Å². The summed E-state index contributed by atoms with van der Waals surface area (Å²) in [7, 11) is 0. The van der Waals surface area contributed by atoms with Crippen LogP contribution >= 0.6 is 12.4 Å². The number of nitrogens with zero attached hydrogens (tertiary/aromatic N) is 1. The third-order valence-corrected chi connectivity index (χ3v) is 5.28. The molecule has 0 bridgehead atoms. The number of hydrogen-bond donors (Lipinski definition) is 2. The zero-order valence-electron chi connectivity index (χ0n) is 18.6. The third kappa shape index (κ3) is 13.7. The van der Waals surface area contributed by atoms with E-state index in [1.165, 1.54) is 50.5 Å². The highest BCUT2D eigenvalue weighted by Gasteiger charge is 2.18. The van der Waals surface area contributed by atoms with Crippen molar-refractivity contribution in [2.45, 2.75) is 97.2 Å². The van der Waals surface area contributed by atoms with E-state index in [9.17, 15) is 9.90 Å². The van der Waals surface area contributed by atoms with Crippen molar-refractivity contribution in [3.05, 3.63) is 35.9 Å². The van der Waals surface area contributed by atoms with Crippen molar-refractivity contribution in [2.24, 2.45) is 0 Å². The van der Waals surface area contributed by atoms with Gasteiger partial charge in [-0.1, -0.05) is 95.5 Å². The van der Waals surface area contributed by atoms with Crippen molar-refractivity contribution >= 4 is 18.3 Å². The number of benzene rings is 1. The molecule has 0 radical (unpaired) electrons. The Bertz CT molecular complexity index is 499. The van der Waals surface area contributed by atoms with Crippen molar-refractivity contribution in [3.8, 4) is 0 Å². The molecule has 1 unspecified atom stereocenters. The smallest absolute Gasteiger partial charge is 0.221 e. The summed E-state index contributed by atoms with van der Waals surface area (Å²) in [6.45, 7) is 5.72. The van der Waals surface area contributed by atoms with Gasteiger partial charge in [0.15, 0.2) is 0 Å². The Kier molecular flexibility index (Phi) is 18.2. The molecule has 0 spiro atoms. The van der Waals surface area contributed by atoms with Crippen molar-refractivity contribution in [3.63, 3.8) is 0 Å². The molecule has 0 saturated carbocycles. The highest BCUT2D eigenvalue weighted by Crippen LogP contribution is 2.12. The summed E-state index contributed by atoms with van der Waals surface area (Å²) in [5, 5.41) is 12.6. The molecular weight excluding hydrogens is 384 g/mol. The molecule has 1 rings (SSSR count). The molecule has 5 heteroatoms. The molecule has 0 saturated heterocycles. The SMILES string of the molecule is CCCCCCCCCCCC(=O)NC(CC)N(CCO)Cc1ccccc1.Cl. The quantitative estimate of drug-likeness (QED) is 0.249. The van der Waals surface area contributed by atoms with Gasteiger partial charge in [0.25, 0.3) is 0 Å². The first-order chi connectivity index (χ1) is 13.7. The Labute approximate surface area is 184 Å². The molecule has 0 aliphatic rings. The number of carbonyl (C=O) groups excluding carboxylic acids is 1. The van der Waals surface area contributed by atoms with Crippen LogP contribution in [0.15, 0.2) is 30.3 Å². The minimum Gasteiger partial charge on any atom is -0.395 e. The van der Waals surface area contributed by atoms with Gasteiger partial charge < -0.3 is 10.4 Å². The highest BCUT2D eigenvalue weighted by molar-refractivity contribution is 5.85. The highest BCUT2D eigenvalue weighted by atomic mass is 35.5. The van der Waals surface area contributed by atoms with E-state index < -0.39 is 0 Å². The molecular formula is C24H43ClN2O2. The van der Waals surface area contributed by atoms with Crippen LogP contribution in [0.2, 0.25) is 0 Å². The summed E-state index contributed by atoms with van der Waals surface area (Å²) >= 11 is 0. The van der Waals surface area contributed by atoms with Crippen LogP contribution in [0.5, 0.6) is 0 Å². The van der Waals surface area contributed by atoms with Crippen LogP contribution in [0.25, 0.3) is 0 Å². The first kappa shape index (κ1) is 27.9. The summed E-state index contributed by atoms with van der Waals surface area (Å²) in [5.41, 5.74) is 1.20. The van der Waals surface area contributed by atoms with E-state index in [2.05, 4.69) is 36.2 Å². The van der Waals surface area contributed by atoms with Gasteiger partial charge in [0.05, 0.1) is 12.8 Å². The molecule has 0 aromatic heterocycles. The van der Waals surface area contributed by atoms with Crippen LogP contribution in [-0.2, 0) is 11.3 Å². The number of rotatable bonds is 17. The van der Waals surface area contributed by atoms with E-state index in [0.29, 0.717) is 13.0 Å². The van der Waals surface area contributed by atoms with Crippen LogP contribution in [0.4, 0.5) is 0 Å². The lowest BCUT2D eigenvalue weighted by atomic mass is 10.1. The number of hydrogen-bond acceptors (Lipinski definition) is 3. The summed E-state index contributed by atoms with van der Waals surface area (Å²) in [6, 6.07) is 10.2. The maximum Gasteiger partial charge on any atom is 0.221 e. The van der Waals surface area contributed by atoms with E-state index in [1.807, 2.05) is 18.2 Å². The Hall–Kier alpha value is -1.10. The maximum atomic E-state index is 12.4. The van der Waals surface area contributed by atoms with Crippen LogP contribution in [0.3, 0.4) is 0 Å². The molecule has 29 heavy (non-hydrogen) atoms. The number of unbranched alkanes of at least 4 members (excludes halogenated alkanes) is 8. The molecule has 2 N–H and O–H groups in total. The summed E-state index contributed by atoms with van der Waals surface area (Å²) in [6.07, 6.45) is 12.8. The second-order valence-electron chi connectivity index (χ2n) is 7.75. The molecule has 168 valence electrons. The molecule has 0 heterocycles. The van der Waals surface area contributed by atoms with Gasteiger partial charge in [0.1, 0.15) is 0 Å². The second-order valence-corrected chi connectivity index (χ2v) is 7.75. The van der Waals surface area contributed by atoms with Gasteiger partial charge in [-0.25, -0.2) is 0 Å². The lowest BCUT2D eigenvalue weighted by Gasteiger charge is -2.31. The van der Waals surface area contributed by atoms with Crippen LogP contribution in [0, 0.1) is 0 Å². The zero-order valence-corrected chi connectivity index (χ0v) is 19.4. The van der Waals surface area contributed by atoms with E-state index in [1.54, 1.807) is 0 Å². The number of aliphatic hydroxyl groups is 1. The van der Waals surface area contributed by atoms with Crippen molar-refractivity contribution in [1.29, 1.82) is 0 Å².